The number of hydrogen-bond donors (Lipinski definition) is 1. The molecule has 1 N–H and O–H groups in total. The van der Waals surface area contributed by atoms with Crippen molar-refractivity contribution >= 4 is 53.8 Å². The summed E-state index contributed by atoms with van der Waals surface area (Å²) < 4.78 is 4.48. The van der Waals surface area contributed by atoms with E-state index in [2.05, 4.69) is 61.8 Å². The Bertz CT molecular complexity index is 242. The fourth-order valence-electron chi connectivity index (χ4n) is 1.84. The molecule has 0 saturated carbocycles. The Labute approximate surface area is 115 Å². The number of carbonyl (C=O) groups is 1. The Morgan fingerprint density at radius 1 is 1.47 bits per heavy atom. The quantitative estimate of drug-likeness (QED) is 0.523. The van der Waals surface area contributed by atoms with Crippen LogP contribution in [0.15, 0.2) is 0 Å². The van der Waals surface area contributed by atoms with E-state index in [0.717, 1.165) is 19.5 Å². The van der Waals surface area contributed by atoms with Crippen molar-refractivity contribution in [2.45, 2.75) is 21.6 Å². The zero-order chi connectivity index (χ0) is 11.6. The van der Waals surface area contributed by atoms with Gasteiger partial charge in [0.2, 0.25) is 2.14 Å². The van der Waals surface area contributed by atoms with Gasteiger partial charge >= 0.3 is 5.97 Å². The van der Waals surface area contributed by atoms with Crippen LogP contribution in [0.2, 0.25) is 0 Å². The highest BCUT2D eigenvalue weighted by molar-refractivity contribution is 9.40. The van der Waals surface area contributed by atoms with Crippen LogP contribution in [-0.4, -0.2) is 34.4 Å². The largest absolute Gasteiger partial charge is 0.459 e. The van der Waals surface area contributed by atoms with Gasteiger partial charge in [-0.3, -0.25) is 0 Å². The van der Waals surface area contributed by atoms with Crippen LogP contribution in [-0.2, 0) is 9.53 Å². The second-order valence-corrected chi connectivity index (χ2v) is 10.9. The summed E-state index contributed by atoms with van der Waals surface area (Å²) in [5.74, 6) is 0.0939. The van der Waals surface area contributed by atoms with Crippen molar-refractivity contribution in [2.75, 3.05) is 20.1 Å². The van der Waals surface area contributed by atoms with E-state index in [-0.39, 0.29) is 12.1 Å². The summed E-state index contributed by atoms with van der Waals surface area (Å²) in [5, 5.41) is 0. The molecule has 0 aromatic heterocycles. The molecule has 3 nitrogen and oxygen atoms in total. The normalized spacial score (nSPS) is 32.5. The second-order valence-electron chi connectivity index (χ2n) is 4.12. The van der Waals surface area contributed by atoms with E-state index in [4.69, 9.17) is 4.74 Å². The minimum atomic E-state index is -0.942. The van der Waals surface area contributed by atoms with Gasteiger partial charge < -0.3 is 9.64 Å². The second kappa shape index (κ2) is 5.47. The summed E-state index contributed by atoms with van der Waals surface area (Å²) in [6.45, 7) is 4.24. The minimum absolute atomic E-state index is 0.0354. The third-order valence-electron chi connectivity index (χ3n) is 2.65. The first kappa shape index (κ1) is 13.9. The molecule has 0 aliphatic carbocycles. The third-order valence-corrected chi connectivity index (χ3v) is 3.62. The maximum absolute atomic E-state index is 11.6. The molecular formula is C9H15Br3NO2+. The van der Waals surface area contributed by atoms with Crippen molar-refractivity contribution in [3.63, 3.8) is 0 Å². The predicted molar refractivity (Wildman–Crippen MR) is 69.8 cm³/mol. The van der Waals surface area contributed by atoms with Gasteiger partial charge in [-0.25, -0.2) is 4.79 Å². The highest BCUT2D eigenvalue weighted by Crippen LogP contribution is 2.35. The Morgan fingerprint density at radius 2 is 2.07 bits per heavy atom. The maximum Gasteiger partial charge on any atom is 0.345 e. The van der Waals surface area contributed by atoms with Crippen LogP contribution in [0.3, 0.4) is 0 Å². The van der Waals surface area contributed by atoms with Crippen molar-refractivity contribution in [3.8, 4) is 0 Å². The topological polar surface area (TPSA) is 30.7 Å². The number of likely N-dealkylation sites (tertiary alicyclic amines) is 1. The molecule has 3 atom stereocenters. The number of hydrogen-bond acceptors (Lipinski definition) is 2. The molecule has 1 saturated heterocycles. The number of esters is 1. The molecular weight excluding hydrogens is 394 g/mol. The van der Waals surface area contributed by atoms with Crippen LogP contribution in [0.4, 0.5) is 0 Å². The van der Waals surface area contributed by atoms with Crippen LogP contribution >= 0.6 is 47.8 Å². The summed E-state index contributed by atoms with van der Waals surface area (Å²) >= 11 is 9.47. The number of rotatable bonds is 1. The van der Waals surface area contributed by atoms with Gasteiger partial charge in [-0.05, 0) is 47.8 Å². The first-order valence-electron chi connectivity index (χ1n) is 4.90. The van der Waals surface area contributed by atoms with Crippen molar-refractivity contribution < 1.29 is 14.4 Å². The summed E-state index contributed by atoms with van der Waals surface area (Å²) in [7, 11) is 2.16. The average molecular weight is 409 g/mol. The lowest BCUT2D eigenvalue weighted by atomic mass is 9.97. The van der Waals surface area contributed by atoms with Gasteiger partial charge in [0.15, 0.2) is 0 Å². The van der Waals surface area contributed by atoms with Gasteiger partial charge in [0, 0.05) is 12.3 Å². The number of ether oxygens (including phenoxy) is 1. The molecule has 0 bridgehead atoms. The molecule has 88 valence electrons. The maximum atomic E-state index is 11.6. The Morgan fingerprint density at radius 3 is 2.53 bits per heavy atom. The minimum Gasteiger partial charge on any atom is -0.459 e. The van der Waals surface area contributed by atoms with Gasteiger partial charge in [-0.15, -0.1) is 0 Å². The van der Waals surface area contributed by atoms with E-state index in [1.165, 1.54) is 4.90 Å². The molecule has 0 amide bonds. The number of alkyl halides is 3. The molecule has 0 spiro atoms. The lowest BCUT2D eigenvalue weighted by Crippen LogP contribution is -3.11. The molecule has 1 fully saturated rings. The Balaban J connectivity index is 2.49. The standard InChI is InChI=1S/C9H14Br3NO2/c1-6-5-13(2)4-3-7(6)15-8(14)9(10,11)12/h6-7H,3-5H2,1-2H3/p+1. The summed E-state index contributed by atoms with van der Waals surface area (Å²) in [5.41, 5.74) is 0. The molecule has 0 aromatic rings. The van der Waals surface area contributed by atoms with E-state index < -0.39 is 2.14 Å². The number of nitrogens with one attached hydrogen (secondary N) is 1. The van der Waals surface area contributed by atoms with Gasteiger partial charge in [-0.1, -0.05) is 6.92 Å². The van der Waals surface area contributed by atoms with Gasteiger partial charge in [0.25, 0.3) is 0 Å². The monoisotopic (exact) mass is 406 g/mol. The van der Waals surface area contributed by atoms with Crippen LogP contribution in [0.1, 0.15) is 13.3 Å². The van der Waals surface area contributed by atoms with Crippen LogP contribution in [0.25, 0.3) is 0 Å². The zero-order valence-electron chi connectivity index (χ0n) is 8.73. The van der Waals surface area contributed by atoms with Crippen molar-refractivity contribution in [2.24, 2.45) is 5.92 Å². The summed E-state index contributed by atoms with van der Waals surface area (Å²) in [6.07, 6.45) is 0.968. The van der Waals surface area contributed by atoms with Crippen molar-refractivity contribution in [3.05, 3.63) is 0 Å². The molecule has 0 radical (unpaired) electrons. The van der Waals surface area contributed by atoms with Gasteiger partial charge in [0.05, 0.1) is 20.1 Å². The van der Waals surface area contributed by atoms with E-state index in [1.54, 1.807) is 0 Å². The molecule has 6 heteroatoms. The first-order chi connectivity index (χ1) is 6.80. The van der Waals surface area contributed by atoms with E-state index in [1.807, 2.05) is 0 Å². The third kappa shape index (κ3) is 4.32. The van der Waals surface area contributed by atoms with Crippen LogP contribution < -0.4 is 4.90 Å². The lowest BCUT2D eigenvalue weighted by molar-refractivity contribution is -0.889. The van der Waals surface area contributed by atoms with Gasteiger partial charge in [-0.2, -0.15) is 0 Å². The SMILES string of the molecule is CC1C[NH+](C)CCC1OC(=O)C(Br)(Br)Br. The number of piperidine rings is 1. The zero-order valence-corrected chi connectivity index (χ0v) is 13.5. The molecule has 0 aromatic carbocycles. The van der Waals surface area contributed by atoms with Crippen molar-refractivity contribution in [1.82, 2.24) is 0 Å². The summed E-state index contributed by atoms with van der Waals surface area (Å²) in [6, 6.07) is 0. The molecule has 1 aliphatic heterocycles. The number of carbonyl (C=O) groups excluding carboxylic acids is 1. The lowest BCUT2D eigenvalue weighted by Gasteiger charge is -2.32. The predicted octanol–water partition coefficient (Wildman–Crippen LogP) is 1.29. The molecule has 1 aliphatic rings. The van der Waals surface area contributed by atoms with E-state index in [0.29, 0.717) is 5.92 Å². The van der Waals surface area contributed by atoms with Gasteiger partial charge in [0.1, 0.15) is 6.10 Å². The first-order valence-corrected chi connectivity index (χ1v) is 7.27. The molecule has 1 heterocycles. The van der Waals surface area contributed by atoms with E-state index in [9.17, 15) is 4.79 Å². The fraction of sp³-hybridized carbons (Fsp3) is 0.889. The molecule has 1 rings (SSSR count). The van der Waals surface area contributed by atoms with Crippen LogP contribution in [0.5, 0.6) is 0 Å². The van der Waals surface area contributed by atoms with Crippen molar-refractivity contribution in [1.29, 1.82) is 0 Å². The highest BCUT2D eigenvalue weighted by Gasteiger charge is 2.36. The Hall–Kier alpha value is 0.870. The molecule has 15 heavy (non-hydrogen) atoms. The van der Waals surface area contributed by atoms with E-state index >= 15 is 0 Å². The Kier molecular flexibility index (Phi) is 5.08. The van der Waals surface area contributed by atoms with Crippen LogP contribution in [0, 0.1) is 5.92 Å². The summed E-state index contributed by atoms with van der Waals surface area (Å²) in [4.78, 5) is 13.1. The number of halogens is 3. The smallest absolute Gasteiger partial charge is 0.345 e. The highest BCUT2D eigenvalue weighted by atomic mass is 80.0. The number of quaternary nitrogens is 1. The fourth-order valence-corrected chi connectivity index (χ4v) is 2.12. The molecule has 3 unspecified atom stereocenters. The average Bonchev–Trinajstić information content (AvgIpc) is 2.08.